The van der Waals surface area contributed by atoms with E-state index in [-0.39, 0.29) is 11.5 Å². The van der Waals surface area contributed by atoms with Crippen LogP contribution in [-0.2, 0) is 0 Å². The van der Waals surface area contributed by atoms with E-state index in [2.05, 4.69) is 16.4 Å². The molecule has 0 saturated carbocycles. The smallest absolute Gasteiger partial charge is 0.148 e. The van der Waals surface area contributed by atoms with Crippen LogP contribution < -0.4 is 10.6 Å². The highest BCUT2D eigenvalue weighted by molar-refractivity contribution is 5.68. The van der Waals surface area contributed by atoms with Gasteiger partial charge >= 0.3 is 0 Å². The van der Waals surface area contributed by atoms with Gasteiger partial charge in [-0.25, -0.2) is 4.39 Å². The third kappa shape index (κ3) is 2.58. The Morgan fingerprint density at radius 1 is 1.29 bits per heavy atom. The third-order valence-corrected chi connectivity index (χ3v) is 3.13. The Morgan fingerprint density at radius 2 is 2.00 bits per heavy atom. The number of piperazine rings is 1. The lowest BCUT2D eigenvalue weighted by molar-refractivity contribution is 0.284. The van der Waals surface area contributed by atoms with Crippen molar-refractivity contribution in [2.75, 3.05) is 43.4 Å². The van der Waals surface area contributed by atoms with E-state index in [0.717, 1.165) is 38.4 Å². The van der Waals surface area contributed by atoms with Gasteiger partial charge in [0, 0.05) is 32.7 Å². The van der Waals surface area contributed by atoms with Gasteiger partial charge in [0.05, 0.1) is 11.4 Å². The van der Waals surface area contributed by atoms with Crippen molar-refractivity contribution < 1.29 is 4.39 Å². The molecular weight excluding hydrogens is 217 g/mol. The lowest BCUT2D eigenvalue weighted by atomic mass is 10.2. The first kappa shape index (κ1) is 11.9. The van der Waals surface area contributed by atoms with Gasteiger partial charge in [0.1, 0.15) is 5.82 Å². The van der Waals surface area contributed by atoms with Crippen LogP contribution in [0.2, 0.25) is 0 Å². The average molecular weight is 235 g/mol. The first-order valence-corrected chi connectivity index (χ1v) is 5.84. The molecule has 0 aromatic heterocycles. The number of halogens is 1. The van der Waals surface area contributed by atoms with E-state index in [0.29, 0.717) is 0 Å². The van der Waals surface area contributed by atoms with Crippen LogP contribution in [0, 0.1) is 5.82 Å². The largest absolute Gasteiger partial charge is 0.395 e. The van der Waals surface area contributed by atoms with Crippen LogP contribution in [0.4, 0.5) is 15.8 Å². The summed E-state index contributed by atoms with van der Waals surface area (Å²) in [4.78, 5) is 4.46. The summed E-state index contributed by atoms with van der Waals surface area (Å²) < 4.78 is 13.4. The molecular formula is C13H18FN3. The quantitative estimate of drug-likeness (QED) is 0.639. The lowest BCUT2D eigenvalue weighted by Crippen LogP contribution is -2.46. The van der Waals surface area contributed by atoms with Crippen molar-refractivity contribution in [1.82, 2.24) is 4.90 Å². The minimum atomic E-state index is -0.337. The highest BCUT2D eigenvalue weighted by Crippen LogP contribution is 2.26. The van der Waals surface area contributed by atoms with Gasteiger partial charge < -0.3 is 10.6 Å². The molecule has 4 heteroatoms. The summed E-state index contributed by atoms with van der Waals surface area (Å²) in [5, 5.41) is 0. The summed E-state index contributed by atoms with van der Waals surface area (Å²) in [7, 11) is 0. The summed E-state index contributed by atoms with van der Waals surface area (Å²) in [6, 6.07) is 4.98. The molecule has 0 bridgehead atoms. The SMILES string of the molecule is C=CCN1CCN(c2cccc(F)c2N)CC1. The summed E-state index contributed by atoms with van der Waals surface area (Å²) in [5.41, 5.74) is 6.82. The van der Waals surface area contributed by atoms with E-state index < -0.39 is 0 Å². The van der Waals surface area contributed by atoms with Crippen LogP contribution in [0.15, 0.2) is 30.9 Å². The fourth-order valence-corrected chi connectivity index (χ4v) is 2.16. The number of para-hydroxylation sites is 1. The standard InChI is InChI=1S/C13H18FN3/c1-2-6-16-7-9-17(10-8-16)12-5-3-4-11(14)13(12)15/h2-5H,1,6-10,15H2. The first-order chi connectivity index (χ1) is 8.22. The van der Waals surface area contributed by atoms with Crippen molar-refractivity contribution in [3.63, 3.8) is 0 Å². The molecule has 1 aliphatic rings. The molecule has 3 nitrogen and oxygen atoms in total. The molecule has 2 rings (SSSR count). The maximum absolute atomic E-state index is 13.4. The maximum atomic E-state index is 13.4. The highest BCUT2D eigenvalue weighted by atomic mass is 19.1. The van der Waals surface area contributed by atoms with Crippen molar-refractivity contribution in [3.8, 4) is 0 Å². The molecule has 2 N–H and O–H groups in total. The molecule has 0 amide bonds. The lowest BCUT2D eigenvalue weighted by Gasteiger charge is -2.36. The Morgan fingerprint density at radius 3 is 2.65 bits per heavy atom. The Labute approximate surface area is 101 Å². The number of benzene rings is 1. The van der Waals surface area contributed by atoms with Crippen molar-refractivity contribution in [1.29, 1.82) is 0 Å². The zero-order valence-electron chi connectivity index (χ0n) is 9.90. The van der Waals surface area contributed by atoms with Gasteiger partial charge in [0.2, 0.25) is 0 Å². The van der Waals surface area contributed by atoms with Crippen molar-refractivity contribution in [3.05, 3.63) is 36.7 Å². The van der Waals surface area contributed by atoms with Gasteiger partial charge in [-0.05, 0) is 12.1 Å². The molecule has 0 spiro atoms. The highest BCUT2D eigenvalue weighted by Gasteiger charge is 2.18. The van der Waals surface area contributed by atoms with E-state index in [1.807, 2.05) is 12.1 Å². The fraction of sp³-hybridized carbons (Fsp3) is 0.385. The van der Waals surface area contributed by atoms with Crippen LogP contribution in [-0.4, -0.2) is 37.6 Å². The molecule has 0 atom stereocenters. The van der Waals surface area contributed by atoms with E-state index in [4.69, 9.17) is 5.73 Å². The molecule has 92 valence electrons. The zero-order valence-corrected chi connectivity index (χ0v) is 9.90. The third-order valence-electron chi connectivity index (χ3n) is 3.13. The second kappa shape index (κ2) is 5.19. The maximum Gasteiger partial charge on any atom is 0.148 e. The Hall–Kier alpha value is -1.55. The summed E-state index contributed by atoms with van der Waals surface area (Å²) >= 11 is 0. The van der Waals surface area contributed by atoms with E-state index in [1.54, 1.807) is 6.07 Å². The predicted octanol–water partition coefficient (Wildman–Crippen LogP) is 1.72. The molecule has 0 aliphatic carbocycles. The monoisotopic (exact) mass is 235 g/mol. The van der Waals surface area contributed by atoms with Crippen molar-refractivity contribution in [2.24, 2.45) is 0 Å². The van der Waals surface area contributed by atoms with Gasteiger partial charge in [0.15, 0.2) is 0 Å². The van der Waals surface area contributed by atoms with E-state index >= 15 is 0 Å². The molecule has 1 aromatic rings. The molecule has 17 heavy (non-hydrogen) atoms. The Balaban J connectivity index is 2.05. The number of hydrogen-bond donors (Lipinski definition) is 1. The second-order valence-corrected chi connectivity index (χ2v) is 4.25. The fourth-order valence-electron chi connectivity index (χ4n) is 2.16. The van der Waals surface area contributed by atoms with E-state index in [1.165, 1.54) is 6.07 Å². The van der Waals surface area contributed by atoms with Crippen LogP contribution in [0.5, 0.6) is 0 Å². The van der Waals surface area contributed by atoms with Gasteiger partial charge in [-0.1, -0.05) is 12.1 Å². The minimum absolute atomic E-state index is 0.254. The van der Waals surface area contributed by atoms with Crippen LogP contribution in [0.3, 0.4) is 0 Å². The van der Waals surface area contributed by atoms with Crippen LogP contribution in [0.1, 0.15) is 0 Å². The zero-order chi connectivity index (χ0) is 12.3. The van der Waals surface area contributed by atoms with E-state index in [9.17, 15) is 4.39 Å². The number of nitrogens with two attached hydrogens (primary N) is 1. The number of anilines is 2. The van der Waals surface area contributed by atoms with Gasteiger partial charge in [0.25, 0.3) is 0 Å². The van der Waals surface area contributed by atoms with Gasteiger partial charge in [-0.2, -0.15) is 0 Å². The summed E-state index contributed by atoms with van der Waals surface area (Å²) in [6.45, 7) is 8.32. The molecule has 1 aromatic carbocycles. The van der Waals surface area contributed by atoms with Crippen molar-refractivity contribution >= 4 is 11.4 Å². The molecule has 1 heterocycles. The normalized spacial score (nSPS) is 17.1. The first-order valence-electron chi connectivity index (χ1n) is 5.84. The molecule has 1 fully saturated rings. The number of nitrogens with zero attached hydrogens (tertiary/aromatic N) is 2. The van der Waals surface area contributed by atoms with Gasteiger partial charge in [-0.3, -0.25) is 4.90 Å². The number of rotatable bonds is 3. The Bertz CT molecular complexity index is 398. The molecule has 1 aliphatic heterocycles. The Kier molecular flexibility index (Phi) is 3.64. The minimum Gasteiger partial charge on any atom is -0.395 e. The van der Waals surface area contributed by atoms with Crippen LogP contribution >= 0.6 is 0 Å². The predicted molar refractivity (Wildman–Crippen MR) is 69.7 cm³/mol. The summed E-state index contributed by atoms with van der Waals surface area (Å²) in [5.74, 6) is -0.337. The second-order valence-electron chi connectivity index (χ2n) is 4.25. The molecule has 1 saturated heterocycles. The van der Waals surface area contributed by atoms with Crippen molar-refractivity contribution in [2.45, 2.75) is 0 Å². The van der Waals surface area contributed by atoms with Crippen LogP contribution in [0.25, 0.3) is 0 Å². The topological polar surface area (TPSA) is 32.5 Å². The molecule has 0 radical (unpaired) electrons. The van der Waals surface area contributed by atoms with Gasteiger partial charge in [-0.15, -0.1) is 6.58 Å². The average Bonchev–Trinajstić information content (AvgIpc) is 2.34. The molecule has 0 unspecified atom stereocenters. The number of hydrogen-bond acceptors (Lipinski definition) is 3. The number of nitrogen functional groups attached to an aromatic ring is 1. The summed E-state index contributed by atoms with van der Waals surface area (Å²) in [6.07, 6.45) is 1.91.